The molecule has 10 nitrogen and oxygen atoms in total. The second-order valence-electron chi connectivity index (χ2n) is 9.83. The summed E-state index contributed by atoms with van der Waals surface area (Å²) in [6.07, 6.45) is 7.10. The number of H-pyrrole nitrogens is 2. The van der Waals surface area contributed by atoms with Crippen LogP contribution < -0.4 is 0 Å². The van der Waals surface area contributed by atoms with Crippen LogP contribution in [0, 0.1) is 0 Å². The van der Waals surface area contributed by atoms with E-state index >= 15 is 0 Å². The van der Waals surface area contributed by atoms with Crippen LogP contribution in [-0.2, 0) is 0 Å². The molecule has 0 amide bonds. The number of nitrogens with one attached hydrogen (secondary N) is 2. The van der Waals surface area contributed by atoms with Crippen molar-refractivity contribution in [2.24, 2.45) is 0 Å². The van der Waals surface area contributed by atoms with Crippen molar-refractivity contribution in [2.45, 2.75) is 0 Å². The van der Waals surface area contributed by atoms with E-state index in [2.05, 4.69) is 19.9 Å². The van der Waals surface area contributed by atoms with Gasteiger partial charge < -0.3 is 9.97 Å². The monoisotopic (exact) mass is 514 g/mol. The van der Waals surface area contributed by atoms with Gasteiger partial charge in [-0.3, -0.25) is 19.9 Å². The van der Waals surface area contributed by atoms with Crippen molar-refractivity contribution >= 4 is 55.2 Å². The van der Waals surface area contributed by atoms with E-state index in [9.17, 15) is 0 Å². The molecule has 2 N–H and O–H groups in total. The van der Waals surface area contributed by atoms with Gasteiger partial charge >= 0.3 is 0 Å². The molecule has 184 valence electrons. The summed E-state index contributed by atoms with van der Waals surface area (Å²) in [5.74, 6) is 0. The molecule has 0 atom stereocenters. The molecule has 0 saturated carbocycles. The Labute approximate surface area is 223 Å². The van der Waals surface area contributed by atoms with E-state index in [4.69, 9.17) is 29.9 Å². The molecular weight excluding hydrogens is 500 g/mol. The first-order valence-corrected chi connectivity index (χ1v) is 12.8. The fraction of sp³-hybridized carbons (Fsp3) is 0. The number of pyridine rings is 4. The number of aromatic amines is 2. The molecular formula is C30H14N10. The van der Waals surface area contributed by atoms with E-state index in [1.54, 1.807) is 24.8 Å². The summed E-state index contributed by atoms with van der Waals surface area (Å²) in [7, 11) is 0. The molecule has 0 radical (unpaired) electrons. The first kappa shape index (κ1) is 20.1. The average molecular weight is 515 g/mol. The zero-order chi connectivity index (χ0) is 25.9. The summed E-state index contributed by atoms with van der Waals surface area (Å²) in [5.41, 5.74) is 10.2. The van der Waals surface area contributed by atoms with Crippen LogP contribution in [0.4, 0.5) is 0 Å². The Morgan fingerprint density at radius 3 is 1.32 bits per heavy atom. The van der Waals surface area contributed by atoms with Crippen LogP contribution in [-0.4, -0.2) is 49.8 Å². The minimum absolute atomic E-state index is 0.630. The summed E-state index contributed by atoms with van der Waals surface area (Å²) in [6.45, 7) is 0. The van der Waals surface area contributed by atoms with Gasteiger partial charge in [0.2, 0.25) is 0 Å². The van der Waals surface area contributed by atoms with E-state index in [1.165, 1.54) is 0 Å². The molecule has 10 heteroatoms. The molecule has 0 fully saturated rings. The van der Waals surface area contributed by atoms with E-state index in [-0.39, 0.29) is 0 Å². The third-order valence-corrected chi connectivity index (χ3v) is 7.71. The van der Waals surface area contributed by atoms with E-state index < -0.39 is 0 Å². The maximum atomic E-state index is 5.21. The van der Waals surface area contributed by atoms with Crippen molar-refractivity contribution in [3.8, 4) is 45.3 Å². The molecule has 0 aliphatic heterocycles. The lowest BCUT2D eigenvalue weighted by atomic mass is 10.1. The summed E-state index contributed by atoms with van der Waals surface area (Å²) >= 11 is 0. The minimum atomic E-state index is 0.630. The number of nitrogens with zero attached hydrogens (tertiary/aromatic N) is 8. The van der Waals surface area contributed by atoms with Crippen LogP contribution in [0.25, 0.3) is 100 Å². The van der Waals surface area contributed by atoms with Gasteiger partial charge in [0.1, 0.15) is 33.7 Å². The van der Waals surface area contributed by atoms with Gasteiger partial charge in [-0.05, 0) is 48.5 Å². The van der Waals surface area contributed by atoms with Crippen molar-refractivity contribution in [3.63, 3.8) is 0 Å². The highest BCUT2D eigenvalue weighted by atomic mass is 15.0. The zero-order valence-electron chi connectivity index (χ0n) is 20.5. The molecule has 8 aromatic heterocycles. The first-order chi connectivity index (χ1) is 19.8. The van der Waals surface area contributed by atoms with Gasteiger partial charge in [0.25, 0.3) is 0 Å². The molecule has 10 rings (SSSR count). The first-order valence-electron chi connectivity index (χ1n) is 12.8. The van der Waals surface area contributed by atoms with Gasteiger partial charge in [-0.1, -0.05) is 0 Å². The Hall–Kier alpha value is -5.90. The van der Waals surface area contributed by atoms with Gasteiger partial charge in [0.05, 0.1) is 22.8 Å². The molecule has 8 aromatic rings. The number of aromatic nitrogens is 10. The summed E-state index contributed by atoms with van der Waals surface area (Å²) in [6, 6.07) is 15.7. The van der Waals surface area contributed by atoms with E-state index in [1.807, 2.05) is 48.5 Å². The molecule has 2 aliphatic carbocycles. The maximum absolute atomic E-state index is 5.21. The lowest BCUT2D eigenvalue weighted by molar-refractivity contribution is 1.27. The topological polar surface area (TPSA) is 135 Å². The lowest BCUT2D eigenvalue weighted by Gasteiger charge is -1.98. The van der Waals surface area contributed by atoms with Crippen molar-refractivity contribution in [3.05, 3.63) is 73.3 Å². The molecule has 0 unspecified atom stereocenters. The molecule has 40 heavy (non-hydrogen) atoms. The molecule has 0 saturated heterocycles. The highest BCUT2D eigenvalue weighted by Gasteiger charge is 2.32. The van der Waals surface area contributed by atoms with Gasteiger partial charge in [-0.15, -0.1) is 0 Å². The van der Waals surface area contributed by atoms with Crippen molar-refractivity contribution in [1.82, 2.24) is 49.8 Å². The fourth-order valence-corrected chi connectivity index (χ4v) is 6.06. The highest BCUT2D eigenvalue weighted by Crippen LogP contribution is 2.50. The second kappa shape index (κ2) is 6.94. The van der Waals surface area contributed by atoms with Crippen molar-refractivity contribution < 1.29 is 0 Å². The van der Waals surface area contributed by atoms with Crippen LogP contribution in [0.3, 0.4) is 0 Å². The molecule has 2 aliphatic rings. The Morgan fingerprint density at radius 1 is 0.400 bits per heavy atom. The predicted molar refractivity (Wildman–Crippen MR) is 152 cm³/mol. The largest absolute Gasteiger partial charge is 0.323 e. The lowest BCUT2D eigenvalue weighted by Crippen LogP contribution is -1.85. The third-order valence-electron chi connectivity index (χ3n) is 7.71. The van der Waals surface area contributed by atoms with Crippen molar-refractivity contribution in [1.29, 1.82) is 0 Å². The normalized spacial score (nSPS) is 12.5. The molecule has 0 aromatic carbocycles. The SMILES string of the molecule is c1cnc2c(c1)-c1nc3[nH]c(nc4c5c(nc6[nH]c(nc-2c15)c1cccnc61)-c1cccnc1-4)c1cccnc31. The molecule has 4 bridgehead atoms. The number of fused-ring (bicyclic) bond motifs is 16. The number of rotatable bonds is 0. The van der Waals surface area contributed by atoms with Gasteiger partial charge in [-0.25, -0.2) is 19.9 Å². The van der Waals surface area contributed by atoms with Crippen LogP contribution in [0.1, 0.15) is 0 Å². The van der Waals surface area contributed by atoms with E-state index in [0.717, 1.165) is 66.5 Å². The highest BCUT2D eigenvalue weighted by molar-refractivity contribution is 6.22. The van der Waals surface area contributed by atoms with Crippen LogP contribution >= 0.6 is 0 Å². The van der Waals surface area contributed by atoms with Crippen LogP contribution in [0.15, 0.2) is 73.3 Å². The van der Waals surface area contributed by atoms with Crippen molar-refractivity contribution in [2.75, 3.05) is 0 Å². The standard InChI is InChI=1S/C30H14N10/c1-5-13-19-17-18-20(36-30-24-16(8-4-12-34-24)27(40-30)37-25(17)21(13)31-9-1)14-6-2-10-32-22(14)26(18)38-28-15-7-3-11-33-23(15)29(35-19)39-28/h1-12H,(H,35,38,39)(H,36,37,40). The molecule has 8 heterocycles. The third kappa shape index (κ3) is 2.38. The predicted octanol–water partition coefficient (Wildman–Crippen LogP) is 5.69. The quantitative estimate of drug-likeness (QED) is 0.264. The molecule has 0 spiro atoms. The smallest absolute Gasteiger partial charge is 0.159 e. The average Bonchev–Trinajstić information content (AvgIpc) is 3.72. The maximum Gasteiger partial charge on any atom is 0.159 e. The summed E-state index contributed by atoms with van der Waals surface area (Å²) in [4.78, 5) is 46.6. The summed E-state index contributed by atoms with van der Waals surface area (Å²) in [5, 5.41) is 3.40. The van der Waals surface area contributed by atoms with Crippen LogP contribution in [0.2, 0.25) is 0 Å². The number of hydrogen-bond donors (Lipinski definition) is 2. The van der Waals surface area contributed by atoms with Gasteiger partial charge in [-0.2, -0.15) is 0 Å². The van der Waals surface area contributed by atoms with Gasteiger partial charge in [0, 0.05) is 57.5 Å². The second-order valence-corrected chi connectivity index (χ2v) is 9.83. The van der Waals surface area contributed by atoms with Gasteiger partial charge in [0.15, 0.2) is 11.3 Å². The Morgan fingerprint density at radius 2 is 0.825 bits per heavy atom. The minimum Gasteiger partial charge on any atom is -0.323 e. The Balaban J connectivity index is 1.60. The summed E-state index contributed by atoms with van der Waals surface area (Å²) < 4.78 is 0. The van der Waals surface area contributed by atoms with Crippen LogP contribution in [0.5, 0.6) is 0 Å². The Kier molecular flexibility index (Phi) is 3.49. The van der Waals surface area contributed by atoms with E-state index in [0.29, 0.717) is 34.0 Å². The zero-order valence-corrected chi connectivity index (χ0v) is 20.5. The Bertz CT molecular complexity index is 2170. The fourth-order valence-electron chi connectivity index (χ4n) is 6.06. The number of hydrogen-bond acceptors (Lipinski definition) is 8.